The molecule has 2 rings (SSSR count). The number of rotatable bonds is 5. The molecule has 1 heterocycles. The summed E-state index contributed by atoms with van der Waals surface area (Å²) in [6, 6.07) is 8.69. The van der Waals surface area contributed by atoms with E-state index < -0.39 is 6.04 Å². The fourth-order valence-corrected chi connectivity index (χ4v) is 2.51. The van der Waals surface area contributed by atoms with Crippen molar-refractivity contribution >= 4 is 17.2 Å². The van der Waals surface area contributed by atoms with Crippen molar-refractivity contribution in [3.63, 3.8) is 0 Å². The minimum atomic E-state index is -0.441. The summed E-state index contributed by atoms with van der Waals surface area (Å²) in [4.78, 5) is 16.3. The lowest BCUT2D eigenvalue weighted by Crippen LogP contribution is -2.31. The molecule has 20 heavy (non-hydrogen) atoms. The van der Waals surface area contributed by atoms with Gasteiger partial charge < -0.3 is 16.2 Å². The predicted octanol–water partition coefficient (Wildman–Crippen LogP) is 1.63. The van der Waals surface area contributed by atoms with Crippen LogP contribution in [0.15, 0.2) is 35.7 Å². The lowest BCUT2D eigenvalue weighted by Gasteiger charge is -2.15. The third-order valence-corrected chi connectivity index (χ3v) is 3.88. The van der Waals surface area contributed by atoms with Crippen LogP contribution >= 0.6 is 11.3 Å². The largest absolute Gasteiger partial charge is 0.394 e. The number of nitrogens with one attached hydrogen (secondary N) is 1. The average Bonchev–Trinajstić information content (AvgIpc) is 2.95. The number of nitrogens with two attached hydrogens (primary N) is 1. The topological polar surface area (TPSA) is 88.2 Å². The number of amides is 1. The van der Waals surface area contributed by atoms with Gasteiger partial charge in [0, 0.05) is 5.38 Å². The lowest BCUT2D eigenvalue weighted by atomic mass is 10.1. The van der Waals surface area contributed by atoms with Gasteiger partial charge >= 0.3 is 0 Å². The van der Waals surface area contributed by atoms with Crippen LogP contribution in [0.2, 0.25) is 0 Å². The van der Waals surface area contributed by atoms with E-state index in [2.05, 4.69) is 10.3 Å². The van der Waals surface area contributed by atoms with Gasteiger partial charge in [0.25, 0.3) is 5.91 Å². The monoisotopic (exact) mass is 291 g/mol. The zero-order chi connectivity index (χ0) is 14.5. The van der Waals surface area contributed by atoms with Crippen LogP contribution in [-0.2, 0) is 0 Å². The highest BCUT2D eigenvalue weighted by Crippen LogP contribution is 2.17. The number of carbonyl (C=O) groups is 1. The molecule has 0 spiro atoms. The minimum absolute atomic E-state index is 0.167. The van der Waals surface area contributed by atoms with E-state index in [-0.39, 0.29) is 18.6 Å². The quantitative estimate of drug-likeness (QED) is 0.781. The summed E-state index contributed by atoms with van der Waals surface area (Å²) >= 11 is 1.36. The van der Waals surface area contributed by atoms with Crippen LogP contribution in [0.4, 0.5) is 0 Å². The third kappa shape index (κ3) is 3.41. The minimum Gasteiger partial charge on any atom is -0.394 e. The third-order valence-electron chi connectivity index (χ3n) is 2.83. The van der Waals surface area contributed by atoms with Crippen LogP contribution in [0.25, 0.3) is 0 Å². The first kappa shape index (κ1) is 14.6. The van der Waals surface area contributed by atoms with Gasteiger partial charge in [-0.2, -0.15) is 0 Å². The molecule has 5 nitrogen and oxygen atoms in total. The molecule has 2 aromatic rings. The van der Waals surface area contributed by atoms with Crippen LogP contribution in [-0.4, -0.2) is 22.6 Å². The fraction of sp³-hybridized carbons (Fsp3) is 0.286. The number of thiazole rings is 1. The number of nitrogens with zero attached hydrogens (tertiary/aromatic N) is 1. The molecule has 1 aromatic carbocycles. The smallest absolute Gasteiger partial charge is 0.271 e. The molecule has 0 fully saturated rings. The van der Waals surface area contributed by atoms with Gasteiger partial charge in [-0.05, 0) is 12.5 Å². The molecule has 0 aliphatic rings. The van der Waals surface area contributed by atoms with E-state index in [0.717, 1.165) is 10.6 Å². The first-order chi connectivity index (χ1) is 9.61. The fourth-order valence-electron chi connectivity index (χ4n) is 1.75. The van der Waals surface area contributed by atoms with E-state index in [1.165, 1.54) is 11.3 Å². The molecule has 0 saturated carbocycles. The molecule has 106 valence electrons. The first-order valence-corrected chi connectivity index (χ1v) is 7.17. The zero-order valence-electron chi connectivity index (χ0n) is 11.1. The Kier molecular flexibility index (Phi) is 4.84. The van der Waals surface area contributed by atoms with Crippen LogP contribution in [0.1, 0.15) is 40.1 Å². The molecular formula is C14H17N3O2S. The number of benzene rings is 1. The Hall–Kier alpha value is -1.76. The normalized spacial score (nSPS) is 13.8. The zero-order valence-corrected chi connectivity index (χ0v) is 11.9. The van der Waals surface area contributed by atoms with Crippen LogP contribution in [0.5, 0.6) is 0 Å². The molecule has 0 radical (unpaired) electrons. The first-order valence-electron chi connectivity index (χ1n) is 6.29. The van der Waals surface area contributed by atoms with E-state index in [1.54, 1.807) is 5.38 Å². The Morgan fingerprint density at radius 3 is 2.70 bits per heavy atom. The molecule has 4 N–H and O–H groups in total. The maximum atomic E-state index is 12.1. The summed E-state index contributed by atoms with van der Waals surface area (Å²) in [7, 11) is 0. The molecule has 0 bridgehead atoms. The highest BCUT2D eigenvalue weighted by molar-refractivity contribution is 7.09. The van der Waals surface area contributed by atoms with Crippen LogP contribution in [0.3, 0.4) is 0 Å². The van der Waals surface area contributed by atoms with Gasteiger partial charge in [0.1, 0.15) is 10.7 Å². The second-order valence-corrected chi connectivity index (χ2v) is 5.37. The number of aliphatic hydroxyl groups is 1. The SMILES string of the molecule is CC(N)c1nc(C(=O)N[C@H](CO)c2ccccc2)cs1. The summed E-state index contributed by atoms with van der Waals surface area (Å²) in [5.74, 6) is -0.309. The molecule has 0 saturated heterocycles. The number of carbonyl (C=O) groups excluding carboxylic acids is 1. The van der Waals surface area contributed by atoms with Crippen molar-refractivity contribution in [2.24, 2.45) is 5.73 Å². The van der Waals surface area contributed by atoms with Gasteiger partial charge in [-0.15, -0.1) is 11.3 Å². The van der Waals surface area contributed by atoms with E-state index in [1.807, 2.05) is 37.3 Å². The van der Waals surface area contributed by atoms with Crippen molar-refractivity contribution in [1.82, 2.24) is 10.3 Å². The summed E-state index contributed by atoms with van der Waals surface area (Å²) in [6.07, 6.45) is 0. The van der Waals surface area contributed by atoms with Gasteiger partial charge in [-0.1, -0.05) is 30.3 Å². The molecule has 6 heteroatoms. The Morgan fingerprint density at radius 1 is 1.45 bits per heavy atom. The van der Waals surface area contributed by atoms with Gasteiger partial charge in [-0.25, -0.2) is 4.98 Å². The second kappa shape index (κ2) is 6.60. The van der Waals surface area contributed by atoms with E-state index in [9.17, 15) is 9.90 Å². The van der Waals surface area contributed by atoms with Gasteiger partial charge in [0.15, 0.2) is 0 Å². The number of aromatic nitrogens is 1. The second-order valence-electron chi connectivity index (χ2n) is 4.48. The predicted molar refractivity (Wildman–Crippen MR) is 78.5 cm³/mol. The summed E-state index contributed by atoms with van der Waals surface area (Å²) in [6.45, 7) is 1.65. The van der Waals surface area contributed by atoms with E-state index in [0.29, 0.717) is 5.69 Å². The molecular weight excluding hydrogens is 274 g/mol. The average molecular weight is 291 g/mol. The maximum Gasteiger partial charge on any atom is 0.271 e. The lowest BCUT2D eigenvalue weighted by molar-refractivity contribution is 0.0911. The number of hydrogen-bond donors (Lipinski definition) is 3. The van der Waals surface area contributed by atoms with Crippen molar-refractivity contribution < 1.29 is 9.90 Å². The number of aliphatic hydroxyl groups excluding tert-OH is 1. The highest BCUT2D eigenvalue weighted by atomic mass is 32.1. The van der Waals surface area contributed by atoms with Gasteiger partial charge in [-0.3, -0.25) is 4.79 Å². The molecule has 0 aliphatic carbocycles. The Balaban J connectivity index is 2.09. The summed E-state index contributed by atoms with van der Waals surface area (Å²) in [5, 5.41) is 14.6. The Bertz CT molecular complexity index is 569. The van der Waals surface area contributed by atoms with Crippen molar-refractivity contribution in [2.75, 3.05) is 6.61 Å². The van der Waals surface area contributed by atoms with Crippen LogP contribution in [0, 0.1) is 0 Å². The number of hydrogen-bond acceptors (Lipinski definition) is 5. The Morgan fingerprint density at radius 2 is 2.15 bits per heavy atom. The standard InChI is InChI=1S/C14H17N3O2S/c1-9(15)14-17-12(8-20-14)13(19)16-11(7-18)10-5-3-2-4-6-10/h2-6,8-9,11,18H,7,15H2,1H3,(H,16,19)/t9?,11-/m1/s1. The van der Waals surface area contributed by atoms with Crippen molar-refractivity contribution in [3.8, 4) is 0 Å². The van der Waals surface area contributed by atoms with Crippen molar-refractivity contribution in [3.05, 3.63) is 52.0 Å². The molecule has 1 aromatic heterocycles. The summed E-state index contributed by atoms with van der Waals surface area (Å²) in [5.41, 5.74) is 6.90. The Labute approximate surface area is 121 Å². The molecule has 1 amide bonds. The van der Waals surface area contributed by atoms with Gasteiger partial charge in [0.05, 0.1) is 18.7 Å². The maximum absolute atomic E-state index is 12.1. The summed E-state index contributed by atoms with van der Waals surface area (Å²) < 4.78 is 0. The van der Waals surface area contributed by atoms with E-state index >= 15 is 0 Å². The van der Waals surface area contributed by atoms with Gasteiger partial charge in [0.2, 0.25) is 0 Å². The molecule has 1 unspecified atom stereocenters. The van der Waals surface area contributed by atoms with Crippen molar-refractivity contribution in [1.29, 1.82) is 0 Å². The van der Waals surface area contributed by atoms with Crippen molar-refractivity contribution in [2.45, 2.75) is 19.0 Å². The highest BCUT2D eigenvalue weighted by Gasteiger charge is 2.17. The van der Waals surface area contributed by atoms with Crippen LogP contribution < -0.4 is 11.1 Å². The molecule has 2 atom stereocenters. The molecule has 0 aliphatic heterocycles. The van der Waals surface area contributed by atoms with E-state index in [4.69, 9.17) is 5.73 Å².